The Morgan fingerprint density at radius 1 is 0.788 bits per heavy atom. The molecule has 5 heterocycles. The van der Waals surface area contributed by atoms with Crippen molar-refractivity contribution < 1.29 is 9.59 Å². The van der Waals surface area contributed by atoms with Crippen molar-refractivity contribution in [3.8, 4) is 11.1 Å². The van der Waals surface area contributed by atoms with Crippen LogP contribution in [0.3, 0.4) is 0 Å². The average Bonchev–Trinajstić information content (AvgIpc) is 3.16. The highest BCUT2D eigenvalue weighted by Crippen LogP contribution is 2.30. The van der Waals surface area contributed by atoms with E-state index in [2.05, 4.69) is 96.8 Å². The number of pyridine rings is 1. The van der Waals surface area contributed by atoms with E-state index in [4.69, 9.17) is 4.98 Å². The Kier molecular flexibility index (Phi) is 9.42. The summed E-state index contributed by atoms with van der Waals surface area (Å²) in [4.78, 5) is 46.8. The number of urea groups is 1. The van der Waals surface area contributed by atoms with Crippen molar-refractivity contribution in [2.45, 2.75) is 33.1 Å². The lowest BCUT2D eigenvalue weighted by Gasteiger charge is -2.40. The summed E-state index contributed by atoms with van der Waals surface area (Å²) in [7, 11) is 0. The standard InChI is InChI=1S/C41H45N9O2/c1-28-11-15-42-26-36(28)31-3-4-32-25-43-40(45-37(32)24-31)44-33-5-7-34(8-6-33)48-16-12-30(13-17-48)27-47-19-21-49(22-20-47)35-9-10-38(29(2)23-35)50-18-14-39(51)46-41(50)52/h3-11,15,23-26,30H,12-14,16-22,27H2,1-2H3,(H,43,44,45)(H,46,51,52). The molecule has 2 N–H and O–H groups in total. The van der Waals surface area contributed by atoms with Crippen molar-refractivity contribution in [2.24, 2.45) is 5.92 Å². The molecule has 3 fully saturated rings. The van der Waals surface area contributed by atoms with E-state index in [1.807, 2.05) is 37.6 Å². The monoisotopic (exact) mass is 695 g/mol. The number of fused-ring (bicyclic) bond motifs is 1. The van der Waals surface area contributed by atoms with Crippen molar-refractivity contribution in [3.05, 3.63) is 96.4 Å². The van der Waals surface area contributed by atoms with Crippen LogP contribution >= 0.6 is 0 Å². The Labute approximate surface area is 304 Å². The number of carbonyl (C=O) groups excluding carboxylic acids is 2. The first kappa shape index (κ1) is 33.6. The quantitative estimate of drug-likeness (QED) is 0.187. The summed E-state index contributed by atoms with van der Waals surface area (Å²) in [6.07, 6.45) is 8.31. The number of hydrogen-bond acceptors (Lipinski definition) is 9. The number of carbonyl (C=O) groups is 2. The maximum atomic E-state index is 12.3. The molecule has 0 radical (unpaired) electrons. The highest BCUT2D eigenvalue weighted by molar-refractivity contribution is 6.06. The minimum atomic E-state index is -0.336. The SMILES string of the molecule is Cc1ccncc1-c1ccc2cnc(Nc3ccc(N4CCC(CN5CCN(c6ccc(N7CCC(=O)NC7=O)c(C)c6)CC5)CC4)cc3)nc2c1. The first-order valence-corrected chi connectivity index (χ1v) is 18.4. The van der Waals surface area contributed by atoms with Gasteiger partial charge < -0.3 is 15.1 Å². The van der Waals surface area contributed by atoms with E-state index in [0.717, 1.165) is 84.8 Å². The number of rotatable bonds is 8. The second kappa shape index (κ2) is 14.6. The van der Waals surface area contributed by atoms with Gasteiger partial charge in [0.05, 0.1) is 5.52 Å². The number of aromatic nitrogens is 3. The number of anilines is 5. The molecular weight excluding hydrogens is 651 g/mol. The van der Waals surface area contributed by atoms with E-state index in [-0.39, 0.29) is 11.9 Å². The van der Waals surface area contributed by atoms with Gasteiger partial charge in [0, 0.05) is 111 Å². The molecule has 2 aromatic heterocycles. The Bertz CT molecular complexity index is 2090. The number of nitrogens with one attached hydrogen (secondary N) is 2. The molecule has 3 saturated heterocycles. The highest BCUT2D eigenvalue weighted by Gasteiger charge is 2.27. The number of hydrogen-bond donors (Lipinski definition) is 2. The van der Waals surface area contributed by atoms with Gasteiger partial charge in [-0.3, -0.25) is 24.9 Å². The van der Waals surface area contributed by atoms with Crippen molar-refractivity contribution in [1.82, 2.24) is 25.2 Å². The van der Waals surface area contributed by atoms with E-state index < -0.39 is 0 Å². The summed E-state index contributed by atoms with van der Waals surface area (Å²) in [5.74, 6) is 1.08. The number of piperidine rings is 1. The topological polar surface area (TPSA) is 110 Å². The van der Waals surface area contributed by atoms with E-state index >= 15 is 0 Å². The normalized spacial score (nSPS) is 17.5. The van der Waals surface area contributed by atoms with E-state index in [1.165, 1.54) is 29.8 Å². The molecule has 3 aromatic carbocycles. The Hall–Kier alpha value is -5.55. The molecule has 0 spiro atoms. The van der Waals surface area contributed by atoms with Crippen LogP contribution in [0, 0.1) is 19.8 Å². The number of imide groups is 1. The Morgan fingerprint density at radius 2 is 1.56 bits per heavy atom. The molecule has 0 aliphatic carbocycles. The zero-order valence-corrected chi connectivity index (χ0v) is 29.9. The van der Waals surface area contributed by atoms with Crippen LogP contribution in [0.5, 0.6) is 0 Å². The predicted molar refractivity (Wildman–Crippen MR) is 208 cm³/mol. The molecular formula is C41H45N9O2. The number of nitrogens with zero attached hydrogens (tertiary/aromatic N) is 7. The highest BCUT2D eigenvalue weighted by atomic mass is 16.2. The van der Waals surface area contributed by atoms with Crippen LogP contribution < -0.4 is 25.3 Å². The lowest BCUT2D eigenvalue weighted by Crippen LogP contribution is -2.50. The zero-order chi connectivity index (χ0) is 35.6. The molecule has 0 atom stereocenters. The molecule has 0 bridgehead atoms. The van der Waals surface area contributed by atoms with Gasteiger partial charge in [-0.05, 0) is 104 Å². The Balaban J connectivity index is 0.805. The fourth-order valence-corrected chi connectivity index (χ4v) is 7.76. The average molecular weight is 696 g/mol. The molecule has 0 saturated carbocycles. The minimum absolute atomic E-state index is 0.209. The van der Waals surface area contributed by atoms with Crippen LogP contribution in [0.15, 0.2) is 85.3 Å². The van der Waals surface area contributed by atoms with Gasteiger partial charge in [-0.1, -0.05) is 12.1 Å². The fourth-order valence-electron chi connectivity index (χ4n) is 7.76. The van der Waals surface area contributed by atoms with Crippen molar-refractivity contribution >= 4 is 51.5 Å². The number of amides is 3. The number of aryl methyl sites for hydroxylation is 2. The fraction of sp³-hybridized carbons (Fsp3) is 0.341. The summed E-state index contributed by atoms with van der Waals surface area (Å²) >= 11 is 0. The number of benzene rings is 3. The maximum absolute atomic E-state index is 12.3. The van der Waals surface area contributed by atoms with E-state index in [1.54, 1.807) is 4.90 Å². The first-order chi connectivity index (χ1) is 25.4. The predicted octanol–water partition coefficient (Wildman–Crippen LogP) is 6.54. The van der Waals surface area contributed by atoms with Crippen LogP contribution in [-0.4, -0.2) is 84.1 Å². The van der Waals surface area contributed by atoms with Crippen molar-refractivity contribution in [3.63, 3.8) is 0 Å². The van der Waals surface area contributed by atoms with Gasteiger partial charge in [0.15, 0.2) is 0 Å². The van der Waals surface area contributed by atoms with Gasteiger partial charge in [0.25, 0.3) is 0 Å². The van der Waals surface area contributed by atoms with Gasteiger partial charge in [-0.15, -0.1) is 0 Å². The maximum Gasteiger partial charge on any atom is 0.328 e. The third-order valence-electron chi connectivity index (χ3n) is 10.8. The van der Waals surface area contributed by atoms with Crippen LogP contribution in [-0.2, 0) is 4.79 Å². The number of piperazine rings is 1. The van der Waals surface area contributed by atoms with Gasteiger partial charge in [-0.25, -0.2) is 14.8 Å². The van der Waals surface area contributed by atoms with Gasteiger partial charge in [-0.2, -0.15) is 0 Å². The molecule has 52 heavy (non-hydrogen) atoms. The van der Waals surface area contributed by atoms with Crippen LogP contribution in [0.25, 0.3) is 22.0 Å². The lowest BCUT2D eigenvalue weighted by atomic mass is 9.95. The zero-order valence-electron chi connectivity index (χ0n) is 29.9. The van der Waals surface area contributed by atoms with Crippen LogP contribution in [0.4, 0.5) is 33.5 Å². The molecule has 266 valence electrons. The third-order valence-corrected chi connectivity index (χ3v) is 10.8. The lowest BCUT2D eigenvalue weighted by molar-refractivity contribution is -0.120. The summed E-state index contributed by atoms with van der Waals surface area (Å²) in [5, 5.41) is 6.82. The van der Waals surface area contributed by atoms with Gasteiger partial charge in [0.1, 0.15) is 0 Å². The Morgan fingerprint density at radius 3 is 2.31 bits per heavy atom. The van der Waals surface area contributed by atoms with E-state index in [0.29, 0.717) is 24.8 Å². The van der Waals surface area contributed by atoms with Crippen molar-refractivity contribution in [2.75, 3.05) is 72.4 Å². The molecule has 5 aromatic rings. The molecule has 3 amide bonds. The van der Waals surface area contributed by atoms with Crippen LogP contribution in [0.2, 0.25) is 0 Å². The summed E-state index contributed by atoms with van der Waals surface area (Å²) in [6.45, 7) is 11.9. The first-order valence-electron chi connectivity index (χ1n) is 18.4. The second-order valence-corrected chi connectivity index (χ2v) is 14.3. The summed E-state index contributed by atoms with van der Waals surface area (Å²) in [5.41, 5.74) is 9.62. The van der Waals surface area contributed by atoms with Crippen molar-refractivity contribution in [1.29, 1.82) is 0 Å². The minimum Gasteiger partial charge on any atom is -0.372 e. The molecule has 11 heteroatoms. The summed E-state index contributed by atoms with van der Waals surface area (Å²) < 4.78 is 0. The molecule has 0 unspecified atom stereocenters. The molecule has 3 aliphatic rings. The van der Waals surface area contributed by atoms with E-state index in [9.17, 15) is 9.59 Å². The second-order valence-electron chi connectivity index (χ2n) is 14.3. The molecule has 3 aliphatic heterocycles. The van der Waals surface area contributed by atoms with Crippen LogP contribution in [0.1, 0.15) is 30.4 Å². The summed E-state index contributed by atoms with van der Waals surface area (Å²) in [6, 6.07) is 22.9. The van der Waals surface area contributed by atoms with Gasteiger partial charge >= 0.3 is 6.03 Å². The third kappa shape index (κ3) is 7.27. The molecule has 8 rings (SSSR count). The smallest absolute Gasteiger partial charge is 0.328 e. The molecule has 11 nitrogen and oxygen atoms in total. The van der Waals surface area contributed by atoms with Gasteiger partial charge in [0.2, 0.25) is 11.9 Å². The largest absolute Gasteiger partial charge is 0.372 e.